The molecule has 0 fully saturated rings. The van der Waals surface area contributed by atoms with Crippen LogP contribution in [-0.4, -0.2) is 40.0 Å². The summed E-state index contributed by atoms with van der Waals surface area (Å²) in [5, 5.41) is 0. The number of rotatable bonds is 2. The second-order valence-corrected chi connectivity index (χ2v) is 44.1. The molecule has 0 heterocycles. The Balaban J connectivity index is 4.75. The van der Waals surface area contributed by atoms with Crippen molar-refractivity contribution in [1.82, 2.24) is 0 Å². The van der Waals surface area contributed by atoms with Crippen LogP contribution in [0.1, 0.15) is 0 Å². The Morgan fingerprint density at radius 1 is 0.727 bits per heavy atom. The Hall–Kier alpha value is 2.31. The van der Waals surface area contributed by atoms with Crippen LogP contribution in [0.15, 0.2) is 0 Å². The van der Waals surface area contributed by atoms with Crippen molar-refractivity contribution in [2.45, 2.75) is 0 Å². The molecule has 0 atom stereocenters. The Bertz CT molecular complexity index is 130. The second kappa shape index (κ2) is 3.82. The van der Waals surface area contributed by atoms with Crippen molar-refractivity contribution in [3.8, 4) is 0 Å². The summed E-state index contributed by atoms with van der Waals surface area (Å²) in [5.74, 6) is 0. The van der Waals surface area contributed by atoms with E-state index in [2.05, 4.69) is 68.4 Å². The molecule has 0 nitrogen and oxygen atoms in total. The van der Waals surface area contributed by atoms with Crippen LogP contribution in [0.3, 0.4) is 0 Å². The van der Waals surface area contributed by atoms with Crippen molar-refractivity contribution < 1.29 is 7.98 Å². The van der Waals surface area contributed by atoms with Crippen molar-refractivity contribution in [2.75, 3.05) is 40.0 Å². The molecule has 0 aliphatic carbocycles. The standard InChI is InChI=1S/2C3H9P.2BrH.Ni/c2*1-4(2)3;;;/h2*1-3H3;2*1H;. The fourth-order valence-electron chi connectivity index (χ4n) is 0.712. The molecule has 5 heteroatoms. The SMILES string of the molecule is C[PH](C)(C)[Ni]([Br])([Br])[PH](C)(C)C. The quantitative estimate of drug-likeness (QED) is 0.510. The maximum atomic E-state index is 3.96. The molecule has 78 valence electrons. The van der Waals surface area contributed by atoms with Crippen LogP contribution in [0, 0.1) is 0 Å². The van der Waals surface area contributed by atoms with Crippen LogP contribution < -0.4 is 0 Å². The Labute approximate surface area is 87.8 Å². The third-order valence-corrected chi connectivity index (χ3v) is 63.7. The zero-order chi connectivity index (χ0) is 9.50. The molecular weight excluding hydrogens is 353 g/mol. The topological polar surface area (TPSA) is 0 Å². The molecule has 0 bridgehead atoms. The molecule has 0 aromatic heterocycles. The van der Waals surface area contributed by atoms with Gasteiger partial charge in [0.2, 0.25) is 0 Å². The van der Waals surface area contributed by atoms with Crippen molar-refractivity contribution in [2.24, 2.45) is 0 Å². The first-order chi connectivity index (χ1) is 4.50. The summed E-state index contributed by atoms with van der Waals surface area (Å²) in [4.78, 5) is 0. The molecule has 0 unspecified atom stereocenters. The van der Waals surface area contributed by atoms with Crippen molar-refractivity contribution in [3.63, 3.8) is 0 Å². The summed E-state index contributed by atoms with van der Waals surface area (Å²) in [6.45, 7) is 14.6. The predicted octanol–water partition coefficient (Wildman–Crippen LogP) is 3.87. The summed E-state index contributed by atoms with van der Waals surface area (Å²) in [6, 6.07) is -2.06. The molecular formula is C6H20Br2NiP2. The van der Waals surface area contributed by atoms with Gasteiger partial charge >= 0.3 is 88.5 Å². The average Bonchev–Trinajstić information content (AvgIpc) is 1.58. The van der Waals surface area contributed by atoms with E-state index in [-0.39, 0.29) is 0 Å². The van der Waals surface area contributed by atoms with Crippen LogP contribution in [0.5, 0.6) is 0 Å². The molecule has 0 aliphatic rings. The van der Waals surface area contributed by atoms with Gasteiger partial charge < -0.3 is 0 Å². The number of hydrogen-bond acceptors (Lipinski definition) is 0. The Morgan fingerprint density at radius 2 is 0.909 bits per heavy atom. The van der Waals surface area contributed by atoms with E-state index in [0.717, 1.165) is 0 Å². The normalized spacial score (nSPS) is 19.6. The van der Waals surface area contributed by atoms with Crippen LogP contribution in [-0.2, 0) is 7.98 Å². The van der Waals surface area contributed by atoms with Crippen molar-refractivity contribution >= 4 is 40.5 Å². The summed E-state index contributed by atoms with van der Waals surface area (Å²) in [6.07, 6.45) is 0. The minimum absolute atomic E-state index is 0.722. The van der Waals surface area contributed by atoms with Gasteiger partial charge in [-0.3, -0.25) is 0 Å². The van der Waals surface area contributed by atoms with E-state index in [1.165, 1.54) is 0 Å². The molecule has 0 saturated carbocycles. The van der Waals surface area contributed by atoms with E-state index >= 15 is 0 Å². The first-order valence-electron chi connectivity index (χ1n) is 3.56. The fourth-order valence-corrected chi connectivity index (χ4v) is 26.4. The molecule has 0 radical (unpaired) electrons. The Kier molecular flexibility index (Phi) is 4.62. The molecule has 0 rings (SSSR count). The van der Waals surface area contributed by atoms with E-state index in [1.807, 2.05) is 0 Å². The average molecular weight is 373 g/mol. The van der Waals surface area contributed by atoms with E-state index in [4.69, 9.17) is 0 Å². The van der Waals surface area contributed by atoms with Gasteiger partial charge in [-0.2, -0.15) is 0 Å². The summed E-state index contributed by atoms with van der Waals surface area (Å²) in [7, 11) is -0.722. The predicted molar refractivity (Wildman–Crippen MR) is 70.0 cm³/mol. The molecule has 0 amide bonds. The summed E-state index contributed by atoms with van der Waals surface area (Å²) >= 11 is 7.91. The van der Waals surface area contributed by atoms with Gasteiger partial charge in [0.1, 0.15) is 0 Å². The zero-order valence-corrected chi connectivity index (χ0v) is 14.2. The maximum absolute atomic E-state index is 3.96. The number of halogens is 2. The molecule has 0 aromatic rings. The zero-order valence-electron chi connectivity index (χ0n) is 8.07. The van der Waals surface area contributed by atoms with Gasteiger partial charge in [-0.1, -0.05) is 0 Å². The summed E-state index contributed by atoms with van der Waals surface area (Å²) in [5.41, 5.74) is 0. The van der Waals surface area contributed by atoms with Gasteiger partial charge in [-0.15, -0.1) is 0 Å². The van der Waals surface area contributed by atoms with Crippen LogP contribution in [0.25, 0.3) is 0 Å². The first kappa shape index (κ1) is 13.3. The van der Waals surface area contributed by atoms with Crippen molar-refractivity contribution in [3.05, 3.63) is 0 Å². The third-order valence-electron chi connectivity index (χ3n) is 1.19. The number of hydrogen-bond donors (Lipinski definition) is 0. The van der Waals surface area contributed by atoms with Gasteiger partial charge in [0.25, 0.3) is 0 Å². The molecule has 0 spiro atoms. The van der Waals surface area contributed by atoms with Crippen LogP contribution >= 0.6 is 40.5 Å². The van der Waals surface area contributed by atoms with E-state index in [1.54, 1.807) is 0 Å². The van der Waals surface area contributed by atoms with Gasteiger partial charge in [0, 0.05) is 0 Å². The molecule has 0 saturated heterocycles. The van der Waals surface area contributed by atoms with Gasteiger partial charge in [0.15, 0.2) is 0 Å². The van der Waals surface area contributed by atoms with Crippen LogP contribution in [0.4, 0.5) is 0 Å². The van der Waals surface area contributed by atoms with Crippen molar-refractivity contribution in [1.29, 1.82) is 0 Å². The van der Waals surface area contributed by atoms with Gasteiger partial charge in [-0.05, 0) is 0 Å². The van der Waals surface area contributed by atoms with Gasteiger partial charge in [0.05, 0.1) is 0 Å². The van der Waals surface area contributed by atoms with E-state index in [9.17, 15) is 0 Å². The fraction of sp³-hybridized carbons (Fsp3) is 1.00. The first-order valence-corrected chi connectivity index (χ1v) is 18.0. The minimum atomic E-state index is -1.03. The molecule has 0 aliphatic heterocycles. The van der Waals surface area contributed by atoms with E-state index in [0.29, 0.717) is 0 Å². The molecule has 0 N–H and O–H groups in total. The van der Waals surface area contributed by atoms with Gasteiger partial charge in [-0.25, -0.2) is 0 Å². The molecule has 0 aromatic carbocycles. The summed E-state index contributed by atoms with van der Waals surface area (Å²) < 4.78 is 0. The Morgan fingerprint density at radius 3 is 0.909 bits per heavy atom. The molecule has 11 heavy (non-hydrogen) atoms. The monoisotopic (exact) mass is 370 g/mol. The third kappa shape index (κ3) is 3.17. The van der Waals surface area contributed by atoms with E-state index < -0.39 is 20.1 Å². The second-order valence-electron chi connectivity index (χ2n) is 4.31. The van der Waals surface area contributed by atoms with Crippen LogP contribution in [0.2, 0.25) is 0 Å².